The summed E-state index contributed by atoms with van der Waals surface area (Å²) in [5.41, 5.74) is 1.95. The van der Waals surface area contributed by atoms with E-state index < -0.39 is 0 Å². The molecule has 2 aromatic rings. The molecule has 4 rings (SSSR count). The number of carbonyl (C=O) groups is 1. The standard InChI is InChI=1S/C22H27ClN4O/c1-15-20(22(28)26-18-9-7-17(23)8-10-18)13-24-21(25-15)16-11-12-27(14-16)19-5-3-2-4-6-19/h7-10,13,16,19H,2-6,11-12,14H2,1H3,(H,26,28). The lowest BCUT2D eigenvalue weighted by Crippen LogP contribution is -2.34. The number of benzene rings is 1. The van der Waals surface area contributed by atoms with E-state index in [1.165, 1.54) is 32.1 Å². The van der Waals surface area contributed by atoms with E-state index in [1.54, 1.807) is 30.5 Å². The van der Waals surface area contributed by atoms with Crippen LogP contribution >= 0.6 is 11.6 Å². The molecule has 5 nitrogen and oxygen atoms in total. The molecule has 1 saturated carbocycles. The molecular formula is C22H27ClN4O. The van der Waals surface area contributed by atoms with Crippen LogP contribution in [-0.2, 0) is 0 Å². The van der Waals surface area contributed by atoms with Crippen LogP contribution in [0.2, 0.25) is 5.02 Å². The number of aryl methyl sites for hydroxylation is 1. The number of nitrogens with zero attached hydrogens (tertiary/aromatic N) is 3. The summed E-state index contributed by atoms with van der Waals surface area (Å²) in [5.74, 6) is 1.05. The third-order valence-corrected chi connectivity index (χ3v) is 6.27. The maximum atomic E-state index is 12.6. The second-order valence-electron chi connectivity index (χ2n) is 7.96. The van der Waals surface area contributed by atoms with E-state index >= 15 is 0 Å². The third-order valence-electron chi connectivity index (χ3n) is 6.02. The van der Waals surface area contributed by atoms with Gasteiger partial charge in [-0.2, -0.15) is 0 Å². The quantitative estimate of drug-likeness (QED) is 0.802. The lowest BCUT2D eigenvalue weighted by atomic mass is 9.94. The maximum absolute atomic E-state index is 12.6. The van der Waals surface area contributed by atoms with Crippen molar-refractivity contribution >= 4 is 23.2 Å². The zero-order valence-electron chi connectivity index (χ0n) is 16.3. The number of aromatic nitrogens is 2. The van der Waals surface area contributed by atoms with Crippen molar-refractivity contribution < 1.29 is 4.79 Å². The van der Waals surface area contributed by atoms with Gasteiger partial charge in [0, 0.05) is 35.4 Å². The van der Waals surface area contributed by atoms with Gasteiger partial charge in [-0.05, 0) is 57.0 Å². The average Bonchev–Trinajstić information content (AvgIpc) is 3.20. The monoisotopic (exact) mass is 398 g/mol. The van der Waals surface area contributed by atoms with Crippen LogP contribution < -0.4 is 5.32 Å². The molecule has 1 aliphatic heterocycles. The molecule has 1 atom stereocenters. The number of likely N-dealkylation sites (tertiary alicyclic amines) is 1. The number of halogens is 1. The molecule has 1 aromatic carbocycles. The molecule has 0 spiro atoms. The summed E-state index contributed by atoms with van der Waals surface area (Å²) in [5, 5.41) is 3.52. The van der Waals surface area contributed by atoms with Gasteiger partial charge in [0.15, 0.2) is 0 Å². The summed E-state index contributed by atoms with van der Waals surface area (Å²) in [6.45, 7) is 4.06. The predicted octanol–water partition coefficient (Wildman–Crippen LogP) is 4.81. The predicted molar refractivity (Wildman–Crippen MR) is 112 cm³/mol. The number of nitrogens with one attached hydrogen (secondary N) is 1. The summed E-state index contributed by atoms with van der Waals surface area (Å²) < 4.78 is 0. The summed E-state index contributed by atoms with van der Waals surface area (Å²) in [6, 6.07) is 7.81. The first-order chi connectivity index (χ1) is 13.6. The van der Waals surface area contributed by atoms with Crippen LogP contribution in [0.1, 0.15) is 66.3 Å². The van der Waals surface area contributed by atoms with Crippen molar-refractivity contribution in [3.05, 3.63) is 52.6 Å². The zero-order chi connectivity index (χ0) is 19.5. The van der Waals surface area contributed by atoms with E-state index in [9.17, 15) is 4.79 Å². The Bertz CT molecular complexity index is 833. The topological polar surface area (TPSA) is 58.1 Å². The number of hydrogen-bond acceptors (Lipinski definition) is 4. The highest BCUT2D eigenvalue weighted by Crippen LogP contribution is 2.31. The van der Waals surface area contributed by atoms with Gasteiger partial charge in [0.05, 0.1) is 11.3 Å². The van der Waals surface area contributed by atoms with E-state index in [-0.39, 0.29) is 5.91 Å². The number of amides is 1. The van der Waals surface area contributed by atoms with Crippen LogP contribution in [-0.4, -0.2) is 39.9 Å². The number of rotatable bonds is 4. The van der Waals surface area contributed by atoms with Crippen molar-refractivity contribution in [3.8, 4) is 0 Å². The smallest absolute Gasteiger partial charge is 0.259 e. The first-order valence-corrected chi connectivity index (χ1v) is 10.6. The Balaban J connectivity index is 1.41. The Morgan fingerprint density at radius 1 is 1.14 bits per heavy atom. The van der Waals surface area contributed by atoms with Gasteiger partial charge in [0.1, 0.15) is 5.82 Å². The van der Waals surface area contributed by atoms with Crippen molar-refractivity contribution in [2.24, 2.45) is 0 Å². The summed E-state index contributed by atoms with van der Waals surface area (Å²) in [6.07, 6.45) is 9.54. The average molecular weight is 399 g/mol. The van der Waals surface area contributed by atoms with Gasteiger partial charge in [-0.1, -0.05) is 30.9 Å². The van der Waals surface area contributed by atoms with Crippen molar-refractivity contribution in [1.29, 1.82) is 0 Å². The Hall–Kier alpha value is -1.98. The molecular weight excluding hydrogens is 372 g/mol. The summed E-state index contributed by atoms with van der Waals surface area (Å²) in [7, 11) is 0. The largest absolute Gasteiger partial charge is 0.322 e. The van der Waals surface area contributed by atoms with E-state index in [4.69, 9.17) is 16.6 Å². The second kappa shape index (κ2) is 8.58. The minimum Gasteiger partial charge on any atom is -0.322 e. The van der Waals surface area contributed by atoms with E-state index in [0.717, 1.165) is 37.1 Å². The van der Waals surface area contributed by atoms with E-state index in [2.05, 4.69) is 15.2 Å². The fourth-order valence-corrected chi connectivity index (χ4v) is 4.54. The molecule has 2 aliphatic rings. The second-order valence-corrected chi connectivity index (χ2v) is 8.40. The minimum absolute atomic E-state index is 0.193. The van der Waals surface area contributed by atoms with Crippen LogP contribution in [0.5, 0.6) is 0 Å². The van der Waals surface area contributed by atoms with Crippen molar-refractivity contribution in [3.63, 3.8) is 0 Å². The molecule has 1 amide bonds. The number of anilines is 1. The van der Waals surface area contributed by atoms with Crippen LogP contribution in [0.3, 0.4) is 0 Å². The van der Waals surface area contributed by atoms with Crippen LogP contribution in [0, 0.1) is 6.92 Å². The van der Waals surface area contributed by atoms with E-state index in [1.807, 2.05) is 6.92 Å². The summed E-state index contributed by atoms with van der Waals surface area (Å²) in [4.78, 5) is 24.5. The van der Waals surface area contributed by atoms with Gasteiger partial charge in [0.2, 0.25) is 0 Å². The third kappa shape index (κ3) is 4.36. The lowest BCUT2D eigenvalue weighted by Gasteiger charge is -2.30. The molecule has 28 heavy (non-hydrogen) atoms. The first-order valence-electron chi connectivity index (χ1n) is 10.2. The zero-order valence-corrected chi connectivity index (χ0v) is 17.1. The molecule has 1 saturated heterocycles. The molecule has 6 heteroatoms. The van der Waals surface area contributed by atoms with Crippen LogP contribution in [0.15, 0.2) is 30.5 Å². The molecule has 1 N–H and O–H groups in total. The molecule has 0 bridgehead atoms. The first kappa shape index (κ1) is 19.3. The highest BCUT2D eigenvalue weighted by atomic mass is 35.5. The molecule has 1 unspecified atom stereocenters. The molecule has 2 heterocycles. The molecule has 0 radical (unpaired) electrons. The van der Waals surface area contributed by atoms with Gasteiger partial charge < -0.3 is 5.32 Å². The van der Waals surface area contributed by atoms with Crippen LogP contribution in [0.4, 0.5) is 5.69 Å². The Morgan fingerprint density at radius 2 is 1.89 bits per heavy atom. The Kier molecular flexibility index (Phi) is 5.93. The lowest BCUT2D eigenvalue weighted by molar-refractivity contribution is 0.102. The number of hydrogen-bond donors (Lipinski definition) is 1. The van der Waals surface area contributed by atoms with Gasteiger partial charge in [0.25, 0.3) is 5.91 Å². The highest BCUT2D eigenvalue weighted by Gasteiger charge is 2.31. The van der Waals surface area contributed by atoms with Gasteiger partial charge in [-0.3, -0.25) is 9.69 Å². The Morgan fingerprint density at radius 3 is 2.61 bits per heavy atom. The molecule has 2 fully saturated rings. The van der Waals surface area contributed by atoms with Gasteiger partial charge in [-0.15, -0.1) is 0 Å². The minimum atomic E-state index is -0.193. The van der Waals surface area contributed by atoms with Crippen molar-refractivity contribution in [1.82, 2.24) is 14.9 Å². The van der Waals surface area contributed by atoms with E-state index in [0.29, 0.717) is 22.2 Å². The number of carbonyl (C=O) groups excluding carboxylic acids is 1. The molecule has 1 aromatic heterocycles. The normalized spacial score (nSPS) is 21.0. The SMILES string of the molecule is Cc1nc(C2CCN(C3CCCCC3)C2)ncc1C(=O)Nc1ccc(Cl)cc1. The van der Waals surface area contributed by atoms with Crippen LogP contribution in [0.25, 0.3) is 0 Å². The van der Waals surface area contributed by atoms with Crippen molar-refractivity contribution in [2.75, 3.05) is 18.4 Å². The maximum Gasteiger partial charge on any atom is 0.259 e. The molecule has 1 aliphatic carbocycles. The molecule has 148 valence electrons. The Labute approximate surface area is 171 Å². The summed E-state index contributed by atoms with van der Waals surface area (Å²) >= 11 is 5.89. The fraction of sp³-hybridized carbons (Fsp3) is 0.500. The highest BCUT2D eigenvalue weighted by molar-refractivity contribution is 6.30. The van der Waals surface area contributed by atoms with Gasteiger partial charge >= 0.3 is 0 Å². The van der Waals surface area contributed by atoms with Gasteiger partial charge in [-0.25, -0.2) is 9.97 Å². The van der Waals surface area contributed by atoms with Crippen molar-refractivity contribution in [2.45, 2.75) is 57.4 Å². The fourth-order valence-electron chi connectivity index (χ4n) is 4.41.